The minimum Gasteiger partial charge on any atom is -0.279 e. The van der Waals surface area contributed by atoms with Crippen molar-refractivity contribution < 1.29 is 8.42 Å². The second-order valence-corrected chi connectivity index (χ2v) is 4.42. The molecule has 1 aromatic rings. The van der Waals surface area contributed by atoms with Crippen LogP contribution in [0.3, 0.4) is 0 Å². The Morgan fingerprint density at radius 1 is 1.31 bits per heavy atom. The molecule has 0 aliphatic heterocycles. The minimum atomic E-state index is -3.67. The topological polar surface area (TPSA) is 64.5 Å². The Balaban J connectivity index is 3.19. The van der Waals surface area contributed by atoms with Gasteiger partial charge in [0.2, 0.25) is 0 Å². The molecular weight excluding hydrogens is 188 g/mol. The van der Waals surface area contributed by atoms with Crippen molar-refractivity contribution in [2.24, 2.45) is 5.73 Å². The largest absolute Gasteiger partial charge is 0.378 e. The normalized spacial score (nSPS) is 13.2. The van der Waals surface area contributed by atoms with E-state index >= 15 is 0 Å². The van der Waals surface area contributed by atoms with Crippen molar-refractivity contribution >= 4 is 9.84 Å². The van der Waals surface area contributed by atoms with Crippen LogP contribution in [-0.4, -0.2) is 13.9 Å². The van der Waals surface area contributed by atoms with Crippen LogP contribution in [0.2, 0.25) is 0 Å². The van der Waals surface area contributed by atoms with E-state index in [2.05, 4.69) is 4.85 Å². The fraction of sp³-hybridized carbons (Fsp3) is 0.125. The maximum absolute atomic E-state index is 11.4. The summed E-state index contributed by atoms with van der Waals surface area (Å²) in [4.78, 5) is 2.86. The van der Waals surface area contributed by atoms with Gasteiger partial charge in [0.05, 0.1) is 4.90 Å². The smallest absolute Gasteiger partial charge is 0.279 e. The zero-order valence-electron chi connectivity index (χ0n) is 6.71. The molecule has 0 aromatic heterocycles. The van der Waals surface area contributed by atoms with Crippen LogP contribution in [0.5, 0.6) is 0 Å². The lowest BCUT2D eigenvalue weighted by Crippen LogP contribution is -2.26. The van der Waals surface area contributed by atoms with Gasteiger partial charge < -0.3 is 0 Å². The molecule has 0 radical (unpaired) electrons. The summed E-state index contributed by atoms with van der Waals surface area (Å²) in [6.07, 6.45) is 0. The molecule has 1 aromatic carbocycles. The zero-order valence-corrected chi connectivity index (χ0v) is 7.53. The van der Waals surface area contributed by atoms with Crippen LogP contribution in [0.25, 0.3) is 4.85 Å². The Labute approximate surface area is 76.7 Å². The first-order valence-corrected chi connectivity index (χ1v) is 5.05. The molecule has 5 heteroatoms. The highest BCUT2D eigenvalue weighted by Gasteiger charge is 2.27. The lowest BCUT2D eigenvalue weighted by molar-refractivity contribution is 0.589. The molecule has 0 aliphatic rings. The number of nitrogens with two attached hydrogens (primary N) is 1. The summed E-state index contributed by atoms with van der Waals surface area (Å²) in [7, 11) is -3.67. The van der Waals surface area contributed by atoms with E-state index in [0.29, 0.717) is 0 Å². The van der Waals surface area contributed by atoms with Crippen LogP contribution in [-0.2, 0) is 9.84 Å². The molecule has 4 nitrogen and oxygen atoms in total. The van der Waals surface area contributed by atoms with Gasteiger partial charge in [-0.15, -0.1) is 0 Å². The molecule has 0 aliphatic carbocycles. The summed E-state index contributed by atoms with van der Waals surface area (Å²) in [6.45, 7) is 6.53. The van der Waals surface area contributed by atoms with Gasteiger partial charge in [0, 0.05) is 0 Å². The first-order valence-electron chi connectivity index (χ1n) is 3.50. The van der Waals surface area contributed by atoms with Gasteiger partial charge in [-0.05, 0) is 12.1 Å². The number of sulfone groups is 1. The van der Waals surface area contributed by atoms with Crippen molar-refractivity contribution in [3.8, 4) is 0 Å². The van der Waals surface area contributed by atoms with E-state index in [9.17, 15) is 8.42 Å². The molecule has 0 spiro atoms. The first kappa shape index (κ1) is 9.71. The van der Waals surface area contributed by atoms with Crippen molar-refractivity contribution in [2.45, 2.75) is 10.4 Å². The molecule has 2 N–H and O–H groups in total. The quantitative estimate of drug-likeness (QED) is 0.705. The summed E-state index contributed by atoms with van der Waals surface area (Å²) in [5, 5.41) is 0. The van der Waals surface area contributed by atoms with Crippen molar-refractivity contribution in [3.63, 3.8) is 0 Å². The van der Waals surface area contributed by atoms with Crippen LogP contribution >= 0.6 is 0 Å². The highest BCUT2D eigenvalue weighted by atomic mass is 32.2. The Bertz CT molecular complexity index is 419. The van der Waals surface area contributed by atoms with Gasteiger partial charge in [0.1, 0.15) is 0 Å². The highest BCUT2D eigenvalue weighted by molar-refractivity contribution is 7.92. The van der Waals surface area contributed by atoms with Gasteiger partial charge in [-0.3, -0.25) is 4.85 Å². The third-order valence-electron chi connectivity index (χ3n) is 1.52. The summed E-state index contributed by atoms with van der Waals surface area (Å²) >= 11 is 0. The van der Waals surface area contributed by atoms with Crippen molar-refractivity contribution in [1.82, 2.24) is 0 Å². The average Bonchev–Trinajstić information content (AvgIpc) is 2.18. The highest BCUT2D eigenvalue weighted by Crippen LogP contribution is 2.12. The molecule has 1 rings (SSSR count). The van der Waals surface area contributed by atoms with Crippen LogP contribution in [0.15, 0.2) is 35.2 Å². The standard InChI is InChI=1S/C8H8N2O2S/c1-10-8(9)13(11,12)7-5-3-2-4-6-7/h2-6,8H,9H2. The van der Waals surface area contributed by atoms with Crippen LogP contribution in [0.1, 0.15) is 0 Å². The van der Waals surface area contributed by atoms with Crippen molar-refractivity contribution in [2.75, 3.05) is 0 Å². The van der Waals surface area contributed by atoms with E-state index in [4.69, 9.17) is 12.3 Å². The maximum Gasteiger partial charge on any atom is 0.378 e. The van der Waals surface area contributed by atoms with Gasteiger partial charge in [0.25, 0.3) is 9.84 Å². The maximum atomic E-state index is 11.4. The molecule has 13 heavy (non-hydrogen) atoms. The third kappa shape index (κ3) is 1.86. The number of benzene rings is 1. The van der Waals surface area contributed by atoms with E-state index in [1.807, 2.05) is 0 Å². The van der Waals surface area contributed by atoms with Crippen LogP contribution in [0, 0.1) is 6.57 Å². The molecule has 0 amide bonds. The average molecular weight is 196 g/mol. The molecule has 1 atom stereocenters. The molecule has 0 saturated carbocycles. The molecule has 0 fully saturated rings. The van der Waals surface area contributed by atoms with Crippen LogP contribution in [0.4, 0.5) is 0 Å². The third-order valence-corrected chi connectivity index (χ3v) is 3.19. The van der Waals surface area contributed by atoms with E-state index in [1.54, 1.807) is 18.2 Å². The second kappa shape index (κ2) is 3.56. The first-order chi connectivity index (χ1) is 6.09. The monoisotopic (exact) mass is 196 g/mol. The van der Waals surface area contributed by atoms with Crippen molar-refractivity contribution in [3.05, 3.63) is 41.7 Å². The Morgan fingerprint density at radius 3 is 2.31 bits per heavy atom. The lowest BCUT2D eigenvalue weighted by atomic mass is 10.4. The van der Waals surface area contributed by atoms with Crippen LogP contribution < -0.4 is 5.73 Å². The molecular formula is C8H8N2O2S. The van der Waals surface area contributed by atoms with Gasteiger partial charge >= 0.3 is 5.50 Å². The summed E-state index contributed by atoms with van der Waals surface area (Å²) in [5.41, 5.74) is 3.64. The molecule has 68 valence electrons. The zero-order chi connectivity index (χ0) is 9.90. The summed E-state index contributed by atoms with van der Waals surface area (Å²) in [6, 6.07) is 7.70. The predicted molar refractivity (Wildman–Crippen MR) is 48.2 cm³/mol. The fourth-order valence-electron chi connectivity index (χ4n) is 0.819. The Morgan fingerprint density at radius 2 is 1.85 bits per heavy atom. The fourth-order valence-corrected chi connectivity index (χ4v) is 1.77. The van der Waals surface area contributed by atoms with E-state index in [-0.39, 0.29) is 4.90 Å². The van der Waals surface area contributed by atoms with E-state index in [0.717, 1.165) is 0 Å². The summed E-state index contributed by atoms with van der Waals surface area (Å²) < 4.78 is 22.8. The molecule has 1 unspecified atom stereocenters. The number of hydrogen-bond donors (Lipinski definition) is 1. The molecule has 0 bridgehead atoms. The Hall–Kier alpha value is -1.38. The van der Waals surface area contributed by atoms with Crippen molar-refractivity contribution in [1.29, 1.82) is 0 Å². The van der Waals surface area contributed by atoms with Gasteiger partial charge in [0.15, 0.2) is 0 Å². The number of hydrogen-bond acceptors (Lipinski definition) is 3. The van der Waals surface area contributed by atoms with Gasteiger partial charge in [-0.1, -0.05) is 18.2 Å². The number of rotatable bonds is 2. The van der Waals surface area contributed by atoms with Gasteiger partial charge in [-0.2, -0.15) is 0 Å². The SMILES string of the molecule is [C-]#[N+]C(N)S(=O)(=O)c1ccccc1. The summed E-state index contributed by atoms with van der Waals surface area (Å²) in [5.74, 6) is 0. The number of nitrogens with zero attached hydrogens (tertiary/aromatic N) is 1. The van der Waals surface area contributed by atoms with E-state index in [1.165, 1.54) is 12.1 Å². The lowest BCUT2D eigenvalue weighted by Gasteiger charge is -2.01. The second-order valence-electron chi connectivity index (χ2n) is 2.38. The Kier molecular flexibility index (Phi) is 2.66. The molecule has 0 saturated heterocycles. The minimum absolute atomic E-state index is 0.0819. The van der Waals surface area contributed by atoms with Gasteiger partial charge in [-0.25, -0.2) is 20.7 Å². The molecule has 0 heterocycles. The van der Waals surface area contributed by atoms with E-state index < -0.39 is 15.3 Å². The predicted octanol–water partition coefficient (Wildman–Crippen LogP) is 0.622.